The maximum atomic E-state index is 12.3. The Morgan fingerprint density at radius 2 is 2.20 bits per heavy atom. The molecule has 0 aromatic heterocycles. The standard InChI is InChI=1S/C18H14BrClN2O3/c1-2-25-16-8-11(7-15(20)17(16)23)6-12(10-21)18(24)22-14-5-3-4-13(19)9-14/h3-9,23H,2H2,1H3,(H,22,24)/b12-6-. The molecule has 0 spiro atoms. The fourth-order valence-corrected chi connectivity index (χ4v) is 2.64. The Kier molecular flexibility index (Phi) is 6.45. The summed E-state index contributed by atoms with van der Waals surface area (Å²) in [6.45, 7) is 2.10. The first-order chi connectivity index (χ1) is 11.9. The third-order valence-corrected chi connectivity index (χ3v) is 3.89. The molecule has 0 unspecified atom stereocenters. The van der Waals surface area contributed by atoms with E-state index in [0.29, 0.717) is 17.9 Å². The van der Waals surface area contributed by atoms with Gasteiger partial charge in [-0.15, -0.1) is 0 Å². The molecular formula is C18H14BrClN2O3. The molecule has 2 rings (SSSR count). The number of ether oxygens (including phenoxy) is 1. The van der Waals surface area contributed by atoms with Gasteiger partial charge < -0.3 is 15.2 Å². The van der Waals surface area contributed by atoms with E-state index >= 15 is 0 Å². The Morgan fingerprint density at radius 3 is 2.84 bits per heavy atom. The molecule has 5 nitrogen and oxygen atoms in total. The Bertz CT molecular complexity index is 875. The molecule has 2 aromatic rings. The summed E-state index contributed by atoms with van der Waals surface area (Å²) in [5.41, 5.74) is 0.913. The van der Waals surface area contributed by atoms with Crippen LogP contribution in [0, 0.1) is 11.3 Å². The number of nitrogens with one attached hydrogen (secondary N) is 1. The first-order valence-electron chi connectivity index (χ1n) is 7.28. The number of carbonyl (C=O) groups is 1. The molecule has 0 saturated heterocycles. The van der Waals surface area contributed by atoms with Crippen molar-refractivity contribution in [3.63, 3.8) is 0 Å². The number of carbonyl (C=O) groups excluding carboxylic acids is 1. The second kappa shape index (κ2) is 8.56. The maximum absolute atomic E-state index is 12.3. The Hall–Kier alpha value is -2.49. The molecule has 2 N–H and O–H groups in total. The number of phenols is 1. The van der Waals surface area contributed by atoms with Gasteiger partial charge in [0.1, 0.15) is 11.6 Å². The summed E-state index contributed by atoms with van der Waals surface area (Å²) in [5, 5.41) is 21.9. The smallest absolute Gasteiger partial charge is 0.266 e. The molecule has 7 heteroatoms. The second-order valence-corrected chi connectivity index (χ2v) is 6.24. The van der Waals surface area contributed by atoms with E-state index in [0.717, 1.165) is 4.47 Å². The van der Waals surface area contributed by atoms with E-state index < -0.39 is 5.91 Å². The highest BCUT2D eigenvalue weighted by atomic mass is 79.9. The van der Waals surface area contributed by atoms with Gasteiger partial charge in [-0.1, -0.05) is 33.6 Å². The van der Waals surface area contributed by atoms with Crippen LogP contribution in [-0.4, -0.2) is 17.6 Å². The summed E-state index contributed by atoms with van der Waals surface area (Å²) in [4.78, 5) is 12.3. The lowest BCUT2D eigenvalue weighted by Gasteiger charge is -2.09. The zero-order valence-electron chi connectivity index (χ0n) is 13.2. The van der Waals surface area contributed by atoms with Crippen LogP contribution < -0.4 is 10.1 Å². The monoisotopic (exact) mass is 420 g/mol. The third kappa shape index (κ3) is 4.99. The third-order valence-electron chi connectivity index (χ3n) is 3.11. The van der Waals surface area contributed by atoms with E-state index in [4.69, 9.17) is 16.3 Å². The number of anilines is 1. The summed E-state index contributed by atoms with van der Waals surface area (Å²) in [7, 11) is 0. The van der Waals surface area contributed by atoms with Crippen molar-refractivity contribution in [3.8, 4) is 17.6 Å². The van der Waals surface area contributed by atoms with Crippen LogP contribution >= 0.6 is 27.5 Å². The molecule has 0 aliphatic heterocycles. The quantitative estimate of drug-likeness (QED) is 0.539. The van der Waals surface area contributed by atoms with Crippen LogP contribution in [0.2, 0.25) is 5.02 Å². The minimum absolute atomic E-state index is 0.0712. The first-order valence-corrected chi connectivity index (χ1v) is 8.45. The van der Waals surface area contributed by atoms with Crippen LogP contribution in [0.4, 0.5) is 5.69 Å². The number of amides is 1. The lowest BCUT2D eigenvalue weighted by Crippen LogP contribution is -2.13. The van der Waals surface area contributed by atoms with Gasteiger partial charge in [-0.05, 0) is 48.9 Å². The number of phenolic OH excluding ortho intramolecular Hbond substituents is 1. The van der Waals surface area contributed by atoms with Crippen LogP contribution in [0.1, 0.15) is 12.5 Å². The molecule has 25 heavy (non-hydrogen) atoms. The second-order valence-electron chi connectivity index (χ2n) is 4.92. The van der Waals surface area contributed by atoms with E-state index in [1.54, 1.807) is 25.1 Å². The zero-order valence-corrected chi connectivity index (χ0v) is 15.6. The highest BCUT2D eigenvalue weighted by Crippen LogP contribution is 2.35. The first kappa shape index (κ1) is 18.8. The predicted molar refractivity (Wildman–Crippen MR) is 101 cm³/mol. The van der Waals surface area contributed by atoms with Gasteiger partial charge in [-0.25, -0.2) is 0 Å². The van der Waals surface area contributed by atoms with Crippen LogP contribution in [-0.2, 0) is 4.79 Å². The minimum atomic E-state index is -0.553. The number of aromatic hydroxyl groups is 1. The van der Waals surface area contributed by atoms with Gasteiger partial charge in [0, 0.05) is 10.2 Å². The molecule has 128 valence electrons. The number of nitriles is 1. The fourth-order valence-electron chi connectivity index (χ4n) is 2.02. The van der Waals surface area contributed by atoms with Gasteiger partial charge >= 0.3 is 0 Å². The molecule has 0 bridgehead atoms. The van der Waals surface area contributed by atoms with Crippen LogP contribution in [0.25, 0.3) is 6.08 Å². The maximum Gasteiger partial charge on any atom is 0.266 e. The molecule has 0 radical (unpaired) electrons. The molecule has 0 fully saturated rings. The topological polar surface area (TPSA) is 82.3 Å². The van der Waals surface area contributed by atoms with Crippen LogP contribution in [0.15, 0.2) is 46.4 Å². The average Bonchev–Trinajstić information content (AvgIpc) is 2.57. The van der Waals surface area contributed by atoms with E-state index in [9.17, 15) is 15.2 Å². The van der Waals surface area contributed by atoms with Crippen molar-refractivity contribution in [1.82, 2.24) is 0 Å². The zero-order chi connectivity index (χ0) is 18.4. The lowest BCUT2D eigenvalue weighted by molar-refractivity contribution is -0.112. The number of nitrogens with zero attached hydrogens (tertiary/aromatic N) is 1. The highest BCUT2D eigenvalue weighted by molar-refractivity contribution is 9.10. The Morgan fingerprint density at radius 1 is 1.44 bits per heavy atom. The fraction of sp³-hybridized carbons (Fsp3) is 0.111. The molecule has 0 atom stereocenters. The van der Waals surface area contributed by atoms with Gasteiger partial charge in [0.05, 0.1) is 11.6 Å². The predicted octanol–water partition coefficient (Wildman–Crippen LogP) is 4.75. The normalized spacial score (nSPS) is 10.9. The van der Waals surface area contributed by atoms with E-state index in [2.05, 4.69) is 21.2 Å². The van der Waals surface area contributed by atoms with Crippen molar-refractivity contribution < 1.29 is 14.6 Å². The van der Waals surface area contributed by atoms with Crippen LogP contribution in [0.3, 0.4) is 0 Å². The molecule has 0 heterocycles. The van der Waals surface area contributed by atoms with E-state index in [1.165, 1.54) is 18.2 Å². The Balaban J connectivity index is 2.30. The van der Waals surface area contributed by atoms with E-state index in [1.807, 2.05) is 12.1 Å². The van der Waals surface area contributed by atoms with Crippen LogP contribution in [0.5, 0.6) is 11.5 Å². The summed E-state index contributed by atoms with van der Waals surface area (Å²) in [5.74, 6) is -0.550. The van der Waals surface area contributed by atoms with Crippen molar-refractivity contribution >= 4 is 45.2 Å². The van der Waals surface area contributed by atoms with E-state index in [-0.39, 0.29) is 22.1 Å². The summed E-state index contributed by atoms with van der Waals surface area (Å²) in [6.07, 6.45) is 1.38. The van der Waals surface area contributed by atoms with Gasteiger partial charge in [0.15, 0.2) is 11.5 Å². The van der Waals surface area contributed by atoms with Crippen molar-refractivity contribution in [2.45, 2.75) is 6.92 Å². The van der Waals surface area contributed by atoms with Crippen molar-refractivity contribution in [2.75, 3.05) is 11.9 Å². The summed E-state index contributed by atoms with van der Waals surface area (Å²) < 4.78 is 6.10. The van der Waals surface area contributed by atoms with Gasteiger partial charge in [-0.3, -0.25) is 4.79 Å². The number of hydrogen-bond donors (Lipinski definition) is 2. The number of benzene rings is 2. The number of rotatable bonds is 5. The molecule has 0 saturated carbocycles. The molecule has 0 aliphatic rings. The average molecular weight is 422 g/mol. The van der Waals surface area contributed by atoms with Gasteiger partial charge in [-0.2, -0.15) is 5.26 Å². The SMILES string of the molecule is CCOc1cc(/C=C(/C#N)C(=O)Nc2cccc(Br)c2)cc(Cl)c1O. The number of halogens is 2. The van der Waals surface area contributed by atoms with Crippen molar-refractivity contribution in [2.24, 2.45) is 0 Å². The molecule has 1 amide bonds. The summed E-state index contributed by atoms with van der Waals surface area (Å²) >= 11 is 9.27. The van der Waals surface area contributed by atoms with Crippen molar-refractivity contribution in [3.05, 3.63) is 57.0 Å². The molecule has 2 aromatic carbocycles. The number of hydrogen-bond acceptors (Lipinski definition) is 4. The highest BCUT2D eigenvalue weighted by Gasteiger charge is 2.13. The molecule has 0 aliphatic carbocycles. The largest absolute Gasteiger partial charge is 0.503 e. The summed E-state index contributed by atoms with van der Waals surface area (Å²) in [6, 6.07) is 11.8. The van der Waals surface area contributed by atoms with Crippen molar-refractivity contribution in [1.29, 1.82) is 5.26 Å². The van der Waals surface area contributed by atoms with Gasteiger partial charge in [0.2, 0.25) is 0 Å². The minimum Gasteiger partial charge on any atom is -0.503 e. The lowest BCUT2D eigenvalue weighted by atomic mass is 10.1. The Labute approximate surface area is 158 Å². The molecular weight excluding hydrogens is 408 g/mol. The van der Waals surface area contributed by atoms with Gasteiger partial charge in [0.25, 0.3) is 5.91 Å².